The van der Waals surface area contributed by atoms with Gasteiger partial charge in [-0.25, -0.2) is 0 Å². The van der Waals surface area contributed by atoms with Gasteiger partial charge in [0.05, 0.1) is 27.8 Å². The fourth-order valence-electron chi connectivity index (χ4n) is 3.21. The maximum absolute atomic E-state index is 12.2. The second-order valence-corrected chi connectivity index (χ2v) is 5.85. The quantitative estimate of drug-likeness (QED) is 0.443. The third-order valence-corrected chi connectivity index (χ3v) is 4.38. The Hall–Kier alpha value is -3.33. The van der Waals surface area contributed by atoms with Gasteiger partial charge < -0.3 is 23.7 Å². The molecule has 0 bridgehead atoms. The Morgan fingerprint density at radius 1 is 1.11 bits per heavy atom. The number of ether oxygens (including phenoxy) is 5. The summed E-state index contributed by atoms with van der Waals surface area (Å²) in [6.45, 7) is 0.197. The number of esters is 1. The summed E-state index contributed by atoms with van der Waals surface area (Å²) in [6.07, 6.45) is 5.40. The van der Waals surface area contributed by atoms with Gasteiger partial charge in [0.25, 0.3) is 0 Å². The summed E-state index contributed by atoms with van der Waals surface area (Å²) in [5.41, 5.74) is 1.67. The van der Waals surface area contributed by atoms with Crippen molar-refractivity contribution < 1.29 is 28.5 Å². The van der Waals surface area contributed by atoms with Crippen molar-refractivity contribution in [1.82, 2.24) is 0 Å². The summed E-state index contributed by atoms with van der Waals surface area (Å²) >= 11 is 0. The fraction of sp³-hybridized carbons (Fsp3) is 0.286. The van der Waals surface area contributed by atoms with Gasteiger partial charge in [-0.3, -0.25) is 4.79 Å². The predicted octanol–water partition coefficient (Wildman–Crippen LogP) is 3.17. The molecule has 27 heavy (non-hydrogen) atoms. The lowest BCUT2D eigenvalue weighted by atomic mass is 9.85. The van der Waals surface area contributed by atoms with Crippen molar-refractivity contribution in [3.05, 3.63) is 41.5 Å². The second kappa shape index (κ2) is 7.92. The average Bonchev–Trinajstić information content (AvgIpc) is 2.70. The predicted molar refractivity (Wildman–Crippen MR) is 99.0 cm³/mol. The highest BCUT2D eigenvalue weighted by Crippen LogP contribution is 2.52. The molecule has 6 heteroatoms. The van der Waals surface area contributed by atoms with E-state index in [0.717, 1.165) is 11.1 Å². The van der Waals surface area contributed by atoms with Crippen LogP contribution < -0.4 is 23.7 Å². The Morgan fingerprint density at radius 2 is 1.81 bits per heavy atom. The van der Waals surface area contributed by atoms with E-state index in [0.29, 0.717) is 28.7 Å². The molecule has 0 saturated heterocycles. The van der Waals surface area contributed by atoms with Gasteiger partial charge in [-0.15, -0.1) is 6.42 Å². The lowest BCUT2D eigenvalue weighted by molar-refractivity contribution is -0.135. The molecule has 1 heterocycles. The molecule has 2 aromatic rings. The van der Waals surface area contributed by atoms with E-state index in [9.17, 15) is 4.79 Å². The van der Waals surface area contributed by atoms with Gasteiger partial charge in [0.1, 0.15) is 18.1 Å². The zero-order valence-electron chi connectivity index (χ0n) is 15.4. The molecular weight excluding hydrogens is 348 g/mol. The summed E-state index contributed by atoms with van der Waals surface area (Å²) in [5.74, 6) is 4.28. The fourth-order valence-corrected chi connectivity index (χ4v) is 3.21. The van der Waals surface area contributed by atoms with Crippen LogP contribution in [0.1, 0.15) is 23.5 Å². The molecular formula is C21H20O6. The summed E-state index contributed by atoms with van der Waals surface area (Å²) in [4.78, 5) is 12.2. The van der Waals surface area contributed by atoms with Crippen molar-refractivity contribution >= 4 is 5.97 Å². The molecule has 0 amide bonds. The Balaban J connectivity index is 2.09. The van der Waals surface area contributed by atoms with Gasteiger partial charge in [-0.1, -0.05) is 18.1 Å². The van der Waals surface area contributed by atoms with Crippen molar-refractivity contribution in [2.75, 3.05) is 27.9 Å². The molecule has 1 aliphatic heterocycles. The smallest absolute Gasteiger partial charge is 0.312 e. The van der Waals surface area contributed by atoms with Crippen LogP contribution in [0.4, 0.5) is 0 Å². The van der Waals surface area contributed by atoms with Crippen LogP contribution in [0.2, 0.25) is 0 Å². The monoisotopic (exact) mass is 368 g/mol. The van der Waals surface area contributed by atoms with E-state index in [2.05, 4.69) is 5.92 Å². The van der Waals surface area contributed by atoms with Crippen molar-refractivity contribution in [1.29, 1.82) is 0 Å². The number of carbonyl (C=O) groups is 1. The molecule has 3 rings (SSSR count). The third kappa shape index (κ3) is 3.49. The van der Waals surface area contributed by atoms with Gasteiger partial charge in [-0.05, 0) is 17.7 Å². The van der Waals surface area contributed by atoms with E-state index < -0.39 is 0 Å². The van der Waals surface area contributed by atoms with Crippen molar-refractivity contribution in [3.8, 4) is 41.1 Å². The van der Waals surface area contributed by atoms with Crippen LogP contribution in [0.25, 0.3) is 0 Å². The number of terminal acetylenes is 1. The van der Waals surface area contributed by atoms with Crippen LogP contribution in [0.15, 0.2) is 30.3 Å². The summed E-state index contributed by atoms with van der Waals surface area (Å²) in [7, 11) is 4.59. The first-order chi connectivity index (χ1) is 13.1. The minimum absolute atomic E-state index is 0.184. The average molecular weight is 368 g/mol. The summed E-state index contributed by atoms with van der Waals surface area (Å²) < 4.78 is 27.3. The first kappa shape index (κ1) is 18.5. The molecule has 0 fully saturated rings. The van der Waals surface area contributed by atoms with Gasteiger partial charge in [0.2, 0.25) is 5.75 Å². The second-order valence-electron chi connectivity index (χ2n) is 5.85. The Kier molecular flexibility index (Phi) is 5.41. The summed E-state index contributed by atoms with van der Waals surface area (Å²) in [6, 6.07) is 9.08. The largest absolute Gasteiger partial charge is 0.493 e. The van der Waals surface area contributed by atoms with Gasteiger partial charge >= 0.3 is 5.97 Å². The molecule has 0 aliphatic carbocycles. The molecule has 0 aromatic heterocycles. The molecule has 0 saturated carbocycles. The summed E-state index contributed by atoms with van der Waals surface area (Å²) in [5, 5.41) is 0. The third-order valence-electron chi connectivity index (χ3n) is 4.38. The molecule has 1 unspecified atom stereocenters. The first-order valence-corrected chi connectivity index (χ1v) is 8.32. The zero-order chi connectivity index (χ0) is 19.4. The molecule has 6 nitrogen and oxygen atoms in total. The van der Waals surface area contributed by atoms with Crippen molar-refractivity contribution in [2.24, 2.45) is 0 Å². The Bertz CT molecular complexity index is 879. The standard InChI is InChI=1S/C21H20O6/c1-5-10-26-14-8-6-13(7-9-14)15-11-18(22)27-16-12-17(23-2)20(24-3)21(25-4)19(15)16/h1,6-9,12,15H,10-11H2,2-4H3. The van der Waals surface area contributed by atoms with Gasteiger partial charge in [0.15, 0.2) is 11.5 Å². The topological polar surface area (TPSA) is 63.2 Å². The number of methoxy groups -OCH3 is 3. The molecule has 0 radical (unpaired) electrons. The highest BCUT2D eigenvalue weighted by molar-refractivity contribution is 5.80. The molecule has 0 spiro atoms. The molecule has 0 N–H and O–H groups in total. The number of rotatable bonds is 6. The number of fused-ring (bicyclic) bond motifs is 1. The van der Waals surface area contributed by atoms with Crippen LogP contribution in [0.5, 0.6) is 28.7 Å². The van der Waals surface area contributed by atoms with E-state index in [1.165, 1.54) is 14.2 Å². The van der Waals surface area contributed by atoms with Crippen LogP contribution in [0.3, 0.4) is 0 Å². The minimum Gasteiger partial charge on any atom is -0.493 e. The normalized spacial score (nSPS) is 15.2. The van der Waals surface area contributed by atoms with E-state index in [1.54, 1.807) is 13.2 Å². The van der Waals surface area contributed by atoms with Crippen LogP contribution in [-0.4, -0.2) is 33.9 Å². The van der Waals surface area contributed by atoms with Crippen molar-refractivity contribution in [3.63, 3.8) is 0 Å². The number of carbonyl (C=O) groups excluding carboxylic acids is 1. The minimum atomic E-state index is -0.325. The van der Waals surface area contributed by atoms with E-state index >= 15 is 0 Å². The van der Waals surface area contributed by atoms with Gasteiger partial charge in [0, 0.05) is 17.5 Å². The molecule has 1 atom stereocenters. The first-order valence-electron chi connectivity index (χ1n) is 8.32. The van der Waals surface area contributed by atoms with E-state index in [4.69, 9.17) is 30.1 Å². The lowest BCUT2D eigenvalue weighted by Gasteiger charge is -2.28. The molecule has 140 valence electrons. The SMILES string of the molecule is C#CCOc1ccc(C2CC(=O)Oc3cc(OC)c(OC)c(OC)c32)cc1. The Labute approximate surface area is 157 Å². The number of hydrogen-bond acceptors (Lipinski definition) is 6. The maximum atomic E-state index is 12.2. The number of hydrogen-bond donors (Lipinski definition) is 0. The maximum Gasteiger partial charge on any atom is 0.312 e. The highest BCUT2D eigenvalue weighted by Gasteiger charge is 2.35. The van der Waals surface area contributed by atoms with Crippen molar-refractivity contribution in [2.45, 2.75) is 12.3 Å². The van der Waals surface area contributed by atoms with Crippen LogP contribution >= 0.6 is 0 Å². The number of benzene rings is 2. The molecule has 1 aliphatic rings. The zero-order valence-corrected chi connectivity index (χ0v) is 15.4. The van der Waals surface area contributed by atoms with E-state index in [-0.39, 0.29) is 24.9 Å². The highest BCUT2D eigenvalue weighted by atomic mass is 16.5. The molecule has 2 aromatic carbocycles. The van der Waals surface area contributed by atoms with E-state index in [1.807, 2.05) is 24.3 Å². The Morgan fingerprint density at radius 3 is 2.41 bits per heavy atom. The lowest BCUT2D eigenvalue weighted by Crippen LogP contribution is -2.22. The van der Waals surface area contributed by atoms with Gasteiger partial charge in [-0.2, -0.15) is 0 Å². The van der Waals surface area contributed by atoms with Crippen LogP contribution in [0, 0.1) is 12.3 Å². The van der Waals surface area contributed by atoms with Crippen LogP contribution in [-0.2, 0) is 4.79 Å².